The van der Waals surface area contributed by atoms with Crippen molar-refractivity contribution >= 4 is 5.97 Å². The number of nitrogens with one attached hydrogen (secondary N) is 1. The standard InChI is InChI=1S/C14H27NO2/c1-5-8-9-11(4)10-12(6-2)13(14(16)17)15-7-3/h5,11-13,15H,1,6-10H2,2-4H3,(H,16,17)/t11?,12-,13?/m1/s1. The summed E-state index contributed by atoms with van der Waals surface area (Å²) in [5, 5.41) is 12.3. The Balaban J connectivity index is 4.35. The van der Waals surface area contributed by atoms with Crippen molar-refractivity contribution in [1.29, 1.82) is 0 Å². The highest BCUT2D eigenvalue weighted by atomic mass is 16.4. The minimum atomic E-state index is -0.727. The molecular formula is C14H27NO2. The summed E-state index contributed by atoms with van der Waals surface area (Å²) < 4.78 is 0. The van der Waals surface area contributed by atoms with Crippen molar-refractivity contribution < 1.29 is 9.90 Å². The Morgan fingerprint density at radius 2 is 2.12 bits per heavy atom. The van der Waals surface area contributed by atoms with E-state index in [1.165, 1.54) is 0 Å². The number of hydrogen-bond donors (Lipinski definition) is 2. The fraction of sp³-hybridized carbons (Fsp3) is 0.786. The molecule has 0 spiro atoms. The van der Waals surface area contributed by atoms with Gasteiger partial charge in [0.15, 0.2) is 0 Å². The van der Waals surface area contributed by atoms with Crippen LogP contribution in [0.3, 0.4) is 0 Å². The zero-order chi connectivity index (χ0) is 13.3. The van der Waals surface area contributed by atoms with Gasteiger partial charge in [0.05, 0.1) is 0 Å². The van der Waals surface area contributed by atoms with Gasteiger partial charge in [0.2, 0.25) is 0 Å². The Morgan fingerprint density at radius 3 is 2.53 bits per heavy atom. The van der Waals surface area contributed by atoms with Crippen LogP contribution in [0.2, 0.25) is 0 Å². The molecule has 3 heteroatoms. The molecule has 0 aliphatic heterocycles. The monoisotopic (exact) mass is 241 g/mol. The molecule has 0 amide bonds. The van der Waals surface area contributed by atoms with E-state index in [1.54, 1.807) is 0 Å². The fourth-order valence-electron chi connectivity index (χ4n) is 2.25. The smallest absolute Gasteiger partial charge is 0.320 e. The molecule has 17 heavy (non-hydrogen) atoms. The summed E-state index contributed by atoms with van der Waals surface area (Å²) in [5.74, 6) is 0.0420. The van der Waals surface area contributed by atoms with Crippen LogP contribution in [0, 0.1) is 11.8 Å². The highest BCUT2D eigenvalue weighted by Gasteiger charge is 2.26. The van der Waals surface area contributed by atoms with Crippen molar-refractivity contribution in [2.24, 2.45) is 11.8 Å². The second kappa shape index (κ2) is 9.23. The second-order valence-corrected chi connectivity index (χ2v) is 4.75. The Morgan fingerprint density at radius 1 is 1.47 bits per heavy atom. The Bertz CT molecular complexity index is 228. The third-order valence-corrected chi connectivity index (χ3v) is 3.25. The molecule has 100 valence electrons. The van der Waals surface area contributed by atoms with Crippen molar-refractivity contribution in [3.8, 4) is 0 Å². The SMILES string of the molecule is C=CCCC(C)C[C@@H](CC)C(NCC)C(=O)O. The van der Waals surface area contributed by atoms with E-state index in [9.17, 15) is 9.90 Å². The number of carbonyl (C=O) groups is 1. The highest BCUT2D eigenvalue weighted by molar-refractivity contribution is 5.73. The third kappa shape index (κ3) is 6.47. The van der Waals surface area contributed by atoms with Crippen molar-refractivity contribution in [2.45, 2.75) is 52.5 Å². The lowest BCUT2D eigenvalue weighted by Gasteiger charge is -2.26. The molecule has 2 unspecified atom stereocenters. The van der Waals surface area contributed by atoms with Crippen LogP contribution < -0.4 is 5.32 Å². The van der Waals surface area contributed by atoms with Crippen LogP contribution in [0.4, 0.5) is 0 Å². The number of rotatable bonds is 10. The molecule has 3 nitrogen and oxygen atoms in total. The lowest BCUT2D eigenvalue weighted by atomic mass is 9.85. The maximum atomic E-state index is 11.2. The van der Waals surface area contributed by atoms with Gasteiger partial charge in [-0.3, -0.25) is 4.79 Å². The summed E-state index contributed by atoms with van der Waals surface area (Å²) in [6.07, 6.45) is 5.90. The quantitative estimate of drug-likeness (QED) is 0.578. The van der Waals surface area contributed by atoms with Crippen LogP contribution in [0.1, 0.15) is 46.5 Å². The normalized spacial score (nSPS) is 16.2. The van der Waals surface area contributed by atoms with Crippen LogP contribution in [-0.4, -0.2) is 23.7 Å². The van der Waals surface area contributed by atoms with Crippen molar-refractivity contribution in [3.05, 3.63) is 12.7 Å². The first-order valence-electron chi connectivity index (χ1n) is 6.63. The fourth-order valence-corrected chi connectivity index (χ4v) is 2.25. The second-order valence-electron chi connectivity index (χ2n) is 4.75. The Labute approximate surface area is 105 Å². The van der Waals surface area contributed by atoms with E-state index >= 15 is 0 Å². The molecule has 0 bridgehead atoms. The average Bonchev–Trinajstić information content (AvgIpc) is 2.30. The topological polar surface area (TPSA) is 49.3 Å². The zero-order valence-electron chi connectivity index (χ0n) is 11.4. The number of allylic oxidation sites excluding steroid dienone is 1. The maximum absolute atomic E-state index is 11.2. The lowest BCUT2D eigenvalue weighted by molar-refractivity contribution is -0.141. The van der Waals surface area contributed by atoms with E-state index in [1.807, 2.05) is 13.0 Å². The lowest BCUT2D eigenvalue weighted by Crippen LogP contribution is -2.43. The number of aliphatic carboxylic acids is 1. The van der Waals surface area contributed by atoms with Gasteiger partial charge in [0.1, 0.15) is 6.04 Å². The van der Waals surface area contributed by atoms with E-state index in [2.05, 4.69) is 25.7 Å². The minimum absolute atomic E-state index is 0.215. The summed E-state index contributed by atoms with van der Waals surface area (Å²) in [6.45, 7) is 10.6. The molecule has 3 atom stereocenters. The Hall–Kier alpha value is -0.830. The van der Waals surface area contributed by atoms with Gasteiger partial charge in [-0.15, -0.1) is 6.58 Å². The van der Waals surface area contributed by atoms with Crippen molar-refractivity contribution in [3.63, 3.8) is 0 Å². The molecule has 0 saturated carbocycles. The molecule has 0 aliphatic carbocycles. The first kappa shape index (κ1) is 16.2. The zero-order valence-corrected chi connectivity index (χ0v) is 11.4. The van der Waals surface area contributed by atoms with Gasteiger partial charge in [-0.05, 0) is 37.6 Å². The van der Waals surface area contributed by atoms with Gasteiger partial charge in [-0.2, -0.15) is 0 Å². The van der Waals surface area contributed by atoms with Gasteiger partial charge in [0, 0.05) is 0 Å². The van der Waals surface area contributed by atoms with Crippen LogP contribution in [-0.2, 0) is 4.79 Å². The first-order valence-corrected chi connectivity index (χ1v) is 6.63. The van der Waals surface area contributed by atoms with Crippen molar-refractivity contribution in [1.82, 2.24) is 5.32 Å². The summed E-state index contributed by atoms with van der Waals surface area (Å²) >= 11 is 0. The number of carboxylic acids is 1. The van der Waals surface area contributed by atoms with E-state index in [-0.39, 0.29) is 5.92 Å². The molecule has 0 rings (SSSR count). The molecular weight excluding hydrogens is 214 g/mol. The molecule has 0 aromatic carbocycles. The van der Waals surface area contributed by atoms with Gasteiger partial charge in [-0.1, -0.05) is 33.3 Å². The average molecular weight is 241 g/mol. The summed E-state index contributed by atoms with van der Waals surface area (Å²) in [6, 6.07) is -0.406. The number of hydrogen-bond acceptors (Lipinski definition) is 2. The van der Waals surface area contributed by atoms with Gasteiger partial charge >= 0.3 is 5.97 Å². The predicted octanol–water partition coefficient (Wildman–Crippen LogP) is 3.07. The molecule has 0 saturated heterocycles. The third-order valence-electron chi connectivity index (χ3n) is 3.25. The minimum Gasteiger partial charge on any atom is -0.480 e. The van der Waals surface area contributed by atoms with E-state index < -0.39 is 12.0 Å². The van der Waals surface area contributed by atoms with Crippen molar-refractivity contribution in [2.75, 3.05) is 6.54 Å². The van der Waals surface area contributed by atoms with Crippen LogP contribution in [0.25, 0.3) is 0 Å². The van der Waals surface area contributed by atoms with Gasteiger partial charge < -0.3 is 10.4 Å². The molecule has 0 aromatic rings. The van der Waals surface area contributed by atoms with E-state index in [0.29, 0.717) is 12.5 Å². The van der Waals surface area contributed by atoms with Crippen LogP contribution >= 0.6 is 0 Å². The van der Waals surface area contributed by atoms with Crippen LogP contribution in [0.5, 0.6) is 0 Å². The molecule has 2 N–H and O–H groups in total. The first-order chi connectivity index (χ1) is 8.06. The molecule has 0 fully saturated rings. The predicted molar refractivity (Wildman–Crippen MR) is 72.1 cm³/mol. The van der Waals surface area contributed by atoms with Gasteiger partial charge in [-0.25, -0.2) is 0 Å². The van der Waals surface area contributed by atoms with E-state index in [0.717, 1.165) is 25.7 Å². The maximum Gasteiger partial charge on any atom is 0.320 e. The Kier molecular flexibility index (Phi) is 8.78. The number of carboxylic acid groups (broad SMARTS) is 1. The summed E-state index contributed by atoms with van der Waals surface area (Å²) in [7, 11) is 0. The summed E-state index contributed by atoms with van der Waals surface area (Å²) in [4.78, 5) is 11.2. The molecule has 0 radical (unpaired) electrons. The highest BCUT2D eigenvalue weighted by Crippen LogP contribution is 2.22. The summed E-state index contributed by atoms with van der Waals surface area (Å²) in [5.41, 5.74) is 0. The molecule has 0 aromatic heterocycles. The largest absolute Gasteiger partial charge is 0.480 e. The molecule has 0 aliphatic rings. The van der Waals surface area contributed by atoms with Crippen LogP contribution in [0.15, 0.2) is 12.7 Å². The number of likely N-dealkylation sites (N-methyl/N-ethyl adjacent to an activating group) is 1. The molecule has 0 heterocycles. The van der Waals surface area contributed by atoms with Gasteiger partial charge in [0.25, 0.3) is 0 Å². The van der Waals surface area contributed by atoms with E-state index in [4.69, 9.17) is 0 Å².